The molecule has 0 radical (unpaired) electrons. The van der Waals surface area contributed by atoms with Gasteiger partial charge in [0, 0.05) is 34.5 Å². The van der Waals surface area contributed by atoms with E-state index in [0.29, 0.717) is 16.6 Å². The van der Waals surface area contributed by atoms with Gasteiger partial charge in [-0.2, -0.15) is 0 Å². The van der Waals surface area contributed by atoms with E-state index >= 15 is 0 Å². The summed E-state index contributed by atoms with van der Waals surface area (Å²) in [5, 5.41) is 12.0. The molecule has 1 aromatic carbocycles. The molecule has 27 heavy (non-hydrogen) atoms. The van der Waals surface area contributed by atoms with Crippen LogP contribution in [-0.2, 0) is 0 Å². The summed E-state index contributed by atoms with van der Waals surface area (Å²) in [7, 11) is 0. The molecule has 1 aliphatic rings. The Morgan fingerprint density at radius 2 is 1.93 bits per heavy atom. The molecule has 0 aliphatic carbocycles. The number of thioether (sulfide) groups is 1. The molecule has 0 bridgehead atoms. The van der Waals surface area contributed by atoms with Gasteiger partial charge in [-0.3, -0.25) is 10.1 Å². The number of hydrogen-bond acceptors (Lipinski definition) is 6. The zero-order chi connectivity index (χ0) is 19.4. The summed E-state index contributed by atoms with van der Waals surface area (Å²) in [4.78, 5) is 22.4. The number of likely N-dealkylation sites (tertiary alicyclic amines) is 1. The lowest BCUT2D eigenvalue weighted by molar-refractivity contribution is -0.385. The predicted octanol–water partition coefficient (Wildman–Crippen LogP) is 5.23. The number of nitro groups is 1. The first-order valence-corrected chi connectivity index (χ1v) is 10.2. The zero-order valence-electron chi connectivity index (χ0n) is 14.7. The number of nitrogens with zero attached hydrogens (tertiary/aromatic N) is 4. The van der Waals surface area contributed by atoms with Gasteiger partial charge in [0.25, 0.3) is 0 Å². The Kier molecular flexibility index (Phi) is 6.57. The second-order valence-electron chi connectivity index (χ2n) is 6.13. The van der Waals surface area contributed by atoms with Gasteiger partial charge < -0.3 is 4.90 Å². The van der Waals surface area contributed by atoms with Crippen molar-refractivity contribution in [3.8, 4) is 0 Å². The van der Waals surface area contributed by atoms with E-state index in [0.717, 1.165) is 36.5 Å². The van der Waals surface area contributed by atoms with Gasteiger partial charge in [-0.1, -0.05) is 23.2 Å². The minimum absolute atomic E-state index is 0.134. The number of benzene rings is 1. The highest BCUT2D eigenvalue weighted by molar-refractivity contribution is 7.99. The third-order valence-corrected chi connectivity index (χ3v) is 5.74. The molecular weight excluding hydrogens is 407 g/mol. The highest BCUT2D eigenvalue weighted by atomic mass is 35.5. The van der Waals surface area contributed by atoms with Gasteiger partial charge in [-0.25, -0.2) is 9.97 Å². The van der Waals surface area contributed by atoms with Crippen molar-refractivity contribution in [2.75, 3.05) is 18.8 Å². The van der Waals surface area contributed by atoms with E-state index < -0.39 is 4.92 Å². The molecule has 0 N–H and O–H groups in total. The van der Waals surface area contributed by atoms with Gasteiger partial charge in [-0.15, -0.1) is 11.8 Å². The van der Waals surface area contributed by atoms with Gasteiger partial charge in [0.2, 0.25) is 5.15 Å². The average molecular weight is 425 g/mol. The van der Waals surface area contributed by atoms with Crippen LogP contribution in [0.1, 0.15) is 24.4 Å². The average Bonchev–Trinajstić information content (AvgIpc) is 3.13. The molecular formula is C18H18Cl2N4O2S. The summed E-state index contributed by atoms with van der Waals surface area (Å²) in [5.74, 6) is 1.07. The fraction of sp³-hybridized carbons (Fsp3) is 0.333. The van der Waals surface area contributed by atoms with Crippen LogP contribution in [0.5, 0.6) is 0 Å². The lowest BCUT2D eigenvalue weighted by Gasteiger charge is -2.21. The molecule has 142 valence electrons. The van der Waals surface area contributed by atoms with Crippen molar-refractivity contribution in [1.29, 1.82) is 0 Å². The van der Waals surface area contributed by atoms with Crippen molar-refractivity contribution >= 4 is 46.7 Å². The fourth-order valence-electron chi connectivity index (χ4n) is 2.90. The van der Waals surface area contributed by atoms with E-state index in [1.807, 2.05) is 24.3 Å². The third kappa shape index (κ3) is 5.12. The van der Waals surface area contributed by atoms with E-state index in [1.165, 1.54) is 0 Å². The lowest BCUT2D eigenvalue weighted by atomic mass is 10.2. The molecule has 0 amide bonds. The van der Waals surface area contributed by atoms with Crippen molar-refractivity contribution in [3.63, 3.8) is 0 Å². The molecule has 1 saturated heterocycles. The monoisotopic (exact) mass is 424 g/mol. The van der Waals surface area contributed by atoms with Crippen LogP contribution in [0.3, 0.4) is 0 Å². The molecule has 1 aliphatic heterocycles. The predicted molar refractivity (Wildman–Crippen MR) is 109 cm³/mol. The molecule has 0 saturated carbocycles. The van der Waals surface area contributed by atoms with E-state index in [9.17, 15) is 10.1 Å². The normalized spacial score (nSPS) is 14.6. The number of aromatic nitrogens is 2. The summed E-state index contributed by atoms with van der Waals surface area (Å²) in [6.45, 7) is 3.53. The van der Waals surface area contributed by atoms with Crippen LogP contribution < -0.4 is 0 Å². The number of aryl methyl sites for hydroxylation is 1. The fourth-order valence-corrected chi connectivity index (χ4v) is 4.22. The highest BCUT2D eigenvalue weighted by Crippen LogP contribution is 2.31. The Bertz CT molecular complexity index is 868. The van der Waals surface area contributed by atoms with Crippen molar-refractivity contribution in [2.45, 2.75) is 24.7 Å². The van der Waals surface area contributed by atoms with Crippen LogP contribution in [0.4, 0.5) is 5.69 Å². The maximum absolute atomic E-state index is 11.4. The second-order valence-corrected chi connectivity index (χ2v) is 7.97. The minimum Gasteiger partial charge on any atom is -0.374 e. The van der Waals surface area contributed by atoms with Crippen molar-refractivity contribution in [3.05, 3.63) is 61.8 Å². The first-order chi connectivity index (χ1) is 12.9. The van der Waals surface area contributed by atoms with Crippen LogP contribution in [0, 0.1) is 17.0 Å². The quantitative estimate of drug-likeness (QED) is 0.273. The Labute approximate surface area is 171 Å². The van der Waals surface area contributed by atoms with Crippen LogP contribution >= 0.6 is 35.0 Å². The molecule has 0 unspecified atom stereocenters. The smallest absolute Gasteiger partial charge is 0.331 e. The summed E-state index contributed by atoms with van der Waals surface area (Å²) >= 11 is 13.6. The summed E-state index contributed by atoms with van der Waals surface area (Å²) in [6, 6.07) is 7.62. The van der Waals surface area contributed by atoms with Crippen molar-refractivity contribution in [1.82, 2.24) is 14.9 Å². The molecule has 0 spiro atoms. The Morgan fingerprint density at radius 1 is 1.26 bits per heavy atom. The Hall–Kier alpha value is -1.83. The van der Waals surface area contributed by atoms with Gasteiger partial charge in [0.05, 0.1) is 4.92 Å². The molecule has 2 aromatic rings. The minimum atomic E-state index is -0.526. The Balaban J connectivity index is 1.93. The number of rotatable bonds is 6. The molecule has 9 heteroatoms. The molecule has 0 atom stereocenters. The van der Waals surface area contributed by atoms with Crippen LogP contribution in [0.15, 0.2) is 34.9 Å². The summed E-state index contributed by atoms with van der Waals surface area (Å²) in [5.41, 5.74) is 0.983. The van der Waals surface area contributed by atoms with E-state index in [-0.39, 0.29) is 16.5 Å². The van der Waals surface area contributed by atoms with Gasteiger partial charge >= 0.3 is 5.69 Å². The first kappa shape index (κ1) is 19.9. The maximum atomic E-state index is 11.4. The molecule has 1 aromatic heterocycles. The Morgan fingerprint density at radius 3 is 2.56 bits per heavy atom. The number of hydrogen-bond donors (Lipinski definition) is 0. The van der Waals surface area contributed by atoms with Crippen LogP contribution in [-0.4, -0.2) is 38.6 Å². The van der Waals surface area contributed by atoms with E-state index in [1.54, 1.807) is 24.8 Å². The SMILES string of the molecule is Cc1nc(Cl)c([N+](=O)[O-])c(/C=C(/CSc2ccc(Cl)cc2)N2CCCC2)n1. The van der Waals surface area contributed by atoms with Crippen molar-refractivity contribution < 1.29 is 4.92 Å². The van der Waals surface area contributed by atoms with E-state index in [2.05, 4.69) is 14.9 Å². The molecule has 1 fully saturated rings. The van der Waals surface area contributed by atoms with Gasteiger partial charge in [-0.05, 0) is 50.1 Å². The first-order valence-electron chi connectivity index (χ1n) is 8.46. The molecule has 3 rings (SSSR count). The lowest BCUT2D eigenvalue weighted by Crippen LogP contribution is -2.20. The maximum Gasteiger partial charge on any atom is 0.331 e. The largest absolute Gasteiger partial charge is 0.374 e. The third-order valence-electron chi connectivity index (χ3n) is 4.18. The molecule has 2 heterocycles. The van der Waals surface area contributed by atoms with Crippen molar-refractivity contribution in [2.24, 2.45) is 0 Å². The van der Waals surface area contributed by atoms with E-state index in [4.69, 9.17) is 23.2 Å². The standard InChI is InChI=1S/C18H18Cl2N4O2S/c1-12-21-16(17(24(25)26)18(20)22-12)10-14(23-8-2-3-9-23)11-27-15-6-4-13(19)5-7-15/h4-7,10H,2-3,8-9,11H2,1H3/b14-10-. The van der Waals surface area contributed by atoms with Crippen LogP contribution in [0.2, 0.25) is 10.2 Å². The summed E-state index contributed by atoms with van der Waals surface area (Å²) < 4.78 is 0. The van der Waals surface area contributed by atoms with Gasteiger partial charge in [0.15, 0.2) is 0 Å². The van der Waals surface area contributed by atoms with Crippen LogP contribution in [0.25, 0.3) is 6.08 Å². The zero-order valence-corrected chi connectivity index (χ0v) is 17.0. The second kappa shape index (κ2) is 8.91. The number of halogens is 2. The topological polar surface area (TPSA) is 72.2 Å². The summed E-state index contributed by atoms with van der Waals surface area (Å²) in [6.07, 6.45) is 3.98. The molecule has 6 nitrogen and oxygen atoms in total. The highest BCUT2D eigenvalue weighted by Gasteiger charge is 2.23. The van der Waals surface area contributed by atoms with Gasteiger partial charge in [0.1, 0.15) is 11.5 Å².